The largest absolute Gasteiger partial charge is 0.261 e. The molecule has 4 nitrogen and oxygen atoms in total. The molecule has 2 aromatic carbocycles. The molecule has 0 atom stereocenters. The third kappa shape index (κ3) is 3.68. The molecule has 1 aromatic heterocycles. The van der Waals surface area contributed by atoms with Crippen molar-refractivity contribution in [3.63, 3.8) is 0 Å². The second-order valence-corrected chi connectivity index (χ2v) is 4.93. The highest BCUT2D eigenvalue weighted by Crippen LogP contribution is 2.19. The summed E-state index contributed by atoms with van der Waals surface area (Å²) in [5.74, 6) is 1.11. The summed E-state index contributed by atoms with van der Waals surface area (Å²) in [7, 11) is 0. The van der Waals surface area contributed by atoms with Crippen molar-refractivity contribution in [1.82, 2.24) is 9.97 Å². The molecule has 3 rings (SSSR count). The van der Waals surface area contributed by atoms with Gasteiger partial charge in [0.1, 0.15) is 5.15 Å². The van der Waals surface area contributed by atoms with E-state index in [4.69, 9.17) is 11.6 Å². The number of anilines is 1. The first-order valence-electron chi connectivity index (χ1n) is 6.75. The number of aromatic nitrogens is 2. The maximum Gasteiger partial charge on any atom is 0.163 e. The minimum Gasteiger partial charge on any atom is -0.261 e. The van der Waals surface area contributed by atoms with Crippen molar-refractivity contribution in [3.05, 3.63) is 77.4 Å². The maximum atomic E-state index is 6.05. The summed E-state index contributed by atoms with van der Waals surface area (Å²) < 4.78 is 0. The van der Waals surface area contributed by atoms with Gasteiger partial charge in [0.25, 0.3) is 0 Å². The number of halogens is 1. The van der Waals surface area contributed by atoms with Gasteiger partial charge in [0.15, 0.2) is 11.6 Å². The van der Waals surface area contributed by atoms with E-state index in [0.29, 0.717) is 16.8 Å². The lowest BCUT2D eigenvalue weighted by atomic mass is 10.2. The van der Waals surface area contributed by atoms with E-state index in [1.54, 1.807) is 12.3 Å². The summed E-state index contributed by atoms with van der Waals surface area (Å²) >= 11 is 6.05. The van der Waals surface area contributed by atoms with Crippen LogP contribution < -0.4 is 5.43 Å². The number of nitrogens with zero attached hydrogens (tertiary/aromatic N) is 3. The van der Waals surface area contributed by atoms with E-state index in [1.165, 1.54) is 0 Å². The summed E-state index contributed by atoms with van der Waals surface area (Å²) in [4.78, 5) is 8.65. The Morgan fingerprint density at radius 1 is 0.909 bits per heavy atom. The fourth-order valence-electron chi connectivity index (χ4n) is 1.90. The molecule has 108 valence electrons. The predicted molar refractivity (Wildman–Crippen MR) is 90.1 cm³/mol. The van der Waals surface area contributed by atoms with Gasteiger partial charge in [-0.15, -0.1) is 0 Å². The molecule has 1 heterocycles. The van der Waals surface area contributed by atoms with Crippen LogP contribution >= 0.6 is 11.6 Å². The van der Waals surface area contributed by atoms with E-state index in [1.807, 2.05) is 60.7 Å². The SMILES string of the molecule is Clc1cc(NN=Cc2ccccc2)nc(-c2ccccc2)n1. The molecule has 0 aliphatic carbocycles. The van der Waals surface area contributed by atoms with Gasteiger partial charge in [-0.05, 0) is 5.56 Å². The Morgan fingerprint density at radius 2 is 1.59 bits per heavy atom. The molecule has 0 radical (unpaired) electrons. The van der Waals surface area contributed by atoms with Crippen LogP contribution in [-0.4, -0.2) is 16.2 Å². The summed E-state index contributed by atoms with van der Waals surface area (Å²) in [5, 5.41) is 4.53. The van der Waals surface area contributed by atoms with Gasteiger partial charge in [-0.25, -0.2) is 9.97 Å². The van der Waals surface area contributed by atoms with Gasteiger partial charge in [-0.3, -0.25) is 5.43 Å². The number of hydrogen-bond acceptors (Lipinski definition) is 4. The molecule has 0 saturated heterocycles. The Morgan fingerprint density at radius 3 is 2.32 bits per heavy atom. The average molecular weight is 309 g/mol. The summed E-state index contributed by atoms with van der Waals surface area (Å²) in [5.41, 5.74) is 4.78. The van der Waals surface area contributed by atoms with Crippen LogP contribution in [0, 0.1) is 0 Å². The molecule has 3 aromatic rings. The Kier molecular flexibility index (Phi) is 4.41. The third-order valence-corrected chi connectivity index (χ3v) is 3.11. The molecule has 22 heavy (non-hydrogen) atoms. The Bertz CT molecular complexity index is 773. The van der Waals surface area contributed by atoms with E-state index in [0.717, 1.165) is 11.1 Å². The van der Waals surface area contributed by atoms with Gasteiger partial charge in [0.05, 0.1) is 6.21 Å². The minimum absolute atomic E-state index is 0.367. The van der Waals surface area contributed by atoms with Crippen LogP contribution in [0.25, 0.3) is 11.4 Å². The van der Waals surface area contributed by atoms with Crippen molar-refractivity contribution in [3.8, 4) is 11.4 Å². The van der Waals surface area contributed by atoms with Crippen molar-refractivity contribution in [1.29, 1.82) is 0 Å². The molecule has 1 N–H and O–H groups in total. The summed E-state index contributed by atoms with van der Waals surface area (Å²) in [6.07, 6.45) is 1.72. The van der Waals surface area contributed by atoms with Crippen LogP contribution in [0.3, 0.4) is 0 Å². The highest BCUT2D eigenvalue weighted by atomic mass is 35.5. The van der Waals surface area contributed by atoms with Crippen molar-refractivity contribution < 1.29 is 0 Å². The number of benzene rings is 2. The van der Waals surface area contributed by atoms with E-state index >= 15 is 0 Å². The molecule has 0 unspecified atom stereocenters. The maximum absolute atomic E-state index is 6.05. The quantitative estimate of drug-likeness (QED) is 0.445. The number of hydrogen-bond donors (Lipinski definition) is 1. The first-order chi connectivity index (χ1) is 10.8. The molecule has 0 fully saturated rings. The molecule has 0 amide bonds. The zero-order valence-corrected chi connectivity index (χ0v) is 12.4. The monoisotopic (exact) mass is 308 g/mol. The van der Waals surface area contributed by atoms with Crippen LogP contribution in [0.2, 0.25) is 5.15 Å². The van der Waals surface area contributed by atoms with E-state index in [-0.39, 0.29) is 0 Å². The fraction of sp³-hybridized carbons (Fsp3) is 0. The summed E-state index contributed by atoms with van der Waals surface area (Å²) in [6.45, 7) is 0. The van der Waals surface area contributed by atoms with Crippen molar-refractivity contribution >= 4 is 23.6 Å². The highest BCUT2D eigenvalue weighted by molar-refractivity contribution is 6.29. The molecule has 0 spiro atoms. The predicted octanol–water partition coefficient (Wildman–Crippen LogP) is 4.24. The molecular formula is C17H13ClN4. The summed E-state index contributed by atoms with van der Waals surface area (Å²) in [6, 6.07) is 21.1. The number of rotatable bonds is 4. The van der Waals surface area contributed by atoms with Gasteiger partial charge in [-0.1, -0.05) is 72.3 Å². The van der Waals surface area contributed by atoms with Crippen molar-refractivity contribution in [2.45, 2.75) is 0 Å². The van der Waals surface area contributed by atoms with Crippen LogP contribution in [0.4, 0.5) is 5.82 Å². The Balaban J connectivity index is 1.80. The molecule has 5 heteroatoms. The van der Waals surface area contributed by atoms with Gasteiger partial charge >= 0.3 is 0 Å². The lowest BCUT2D eigenvalue weighted by Gasteiger charge is -2.04. The van der Waals surface area contributed by atoms with Gasteiger partial charge in [-0.2, -0.15) is 5.10 Å². The third-order valence-electron chi connectivity index (χ3n) is 2.92. The lowest BCUT2D eigenvalue weighted by Crippen LogP contribution is -1.97. The van der Waals surface area contributed by atoms with Crippen molar-refractivity contribution in [2.75, 3.05) is 5.43 Å². The van der Waals surface area contributed by atoms with Crippen LogP contribution in [0.1, 0.15) is 5.56 Å². The topological polar surface area (TPSA) is 50.2 Å². The van der Waals surface area contributed by atoms with Crippen LogP contribution in [0.15, 0.2) is 71.8 Å². The lowest BCUT2D eigenvalue weighted by molar-refractivity contribution is 1.15. The van der Waals surface area contributed by atoms with Crippen LogP contribution in [0.5, 0.6) is 0 Å². The van der Waals surface area contributed by atoms with Gasteiger partial charge in [0.2, 0.25) is 0 Å². The van der Waals surface area contributed by atoms with Gasteiger partial charge < -0.3 is 0 Å². The first-order valence-corrected chi connectivity index (χ1v) is 7.13. The molecule has 0 aliphatic rings. The van der Waals surface area contributed by atoms with E-state index in [2.05, 4.69) is 20.5 Å². The Labute approximate surface area is 133 Å². The molecule has 0 aliphatic heterocycles. The highest BCUT2D eigenvalue weighted by Gasteiger charge is 2.04. The van der Waals surface area contributed by atoms with E-state index < -0.39 is 0 Å². The van der Waals surface area contributed by atoms with Crippen molar-refractivity contribution in [2.24, 2.45) is 5.10 Å². The standard InChI is InChI=1S/C17H13ClN4/c18-15-11-16(22-19-12-13-7-3-1-4-8-13)21-17(20-15)14-9-5-2-6-10-14/h1-12H,(H,20,21,22). The fourth-order valence-corrected chi connectivity index (χ4v) is 2.09. The zero-order valence-electron chi connectivity index (χ0n) is 11.6. The van der Waals surface area contributed by atoms with E-state index in [9.17, 15) is 0 Å². The second kappa shape index (κ2) is 6.83. The second-order valence-electron chi connectivity index (χ2n) is 4.55. The minimum atomic E-state index is 0.367. The normalized spacial score (nSPS) is 10.8. The first kappa shape index (κ1) is 14.2. The average Bonchev–Trinajstić information content (AvgIpc) is 2.56. The Hall–Kier alpha value is -2.72. The molecule has 0 saturated carbocycles. The number of nitrogens with one attached hydrogen (secondary N) is 1. The zero-order chi connectivity index (χ0) is 15.2. The molecular weight excluding hydrogens is 296 g/mol. The number of hydrazone groups is 1. The van der Waals surface area contributed by atoms with Crippen LogP contribution in [-0.2, 0) is 0 Å². The smallest absolute Gasteiger partial charge is 0.163 e. The van der Waals surface area contributed by atoms with Gasteiger partial charge in [0, 0.05) is 11.6 Å². The molecule has 0 bridgehead atoms.